The van der Waals surface area contributed by atoms with Crippen molar-refractivity contribution in [2.45, 2.75) is 6.92 Å². The lowest BCUT2D eigenvalue weighted by atomic mass is 10.1. The molecule has 0 saturated carbocycles. The van der Waals surface area contributed by atoms with Gasteiger partial charge in [-0.25, -0.2) is 9.97 Å². The van der Waals surface area contributed by atoms with Gasteiger partial charge in [-0.15, -0.1) is 11.3 Å². The molecule has 0 unspecified atom stereocenters. The van der Waals surface area contributed by atoms with Crippen LogP contribution < -0.4 is 11.5 Å². The van der Waals surface area contributed by atoms with Crippen molar-refractivity contribution in [1.82, 2.24) is 9.97 Å². The molecule has 0 aliphatic rings. The maximum Gasteiger partial charge on any atom is 0.163 e. The van der Waals surface area contributed by atoms with Crippen LogP contribution in [0.3, 0.4) is 0 Å². The Morgan fingerprint density at radius 2 is 1.75 bits per heavy atom. The van der Waals surface area contributed by atoms with Gasteiger partial charge in [0.1, 0.15) is 0 Å². The minimum atomic E-state index is 0.559. The van der Waals surface area contributed by atoms with Gasteiger partial charge in [0, 0.05) is 22.4 Å². The van der Waals surface area contributed by atoms with Crippen molar-refractivity contribution >= 4 is 22.7 Å². The molecular weight excluding hydrogens is 268 g/mol. The van der Waals surface area contributed by atoms with Crippen LogP contribution in [0, 0.1) is 6.92 Å². The zero-order valence-corrected chi connectivity index (χ0v) is 11.8. The van der Waals surface area contributed by atoms with E-state index in [4.69, 9.17) is 11.5 Å². The molecule has 0 aliphatic heterocycles. The van der Waals surface area contributed by atoms with Gasteiger partial charge in [-0.1, -0.05) is 6.07 Å². The van der Waals surface area contributed by atoms with Crippen molar-refractivity contribution in [3.63, 3.8) is 0 Å². The summed E-state index contributed by atoms with van der Waals surface area (Å²) in [5.41, 5.74) is 14.7. The van der Waals surface area contributed by atoms with Crippen molar-refractivity contribution in [3.8, 4) is 22.0 Å². The number of benzene rings is 1. The average Bonchev–Trinajstić information content (AvgIpc) is 2.86. The molecule has 3 rings (SSSR count). The number of aryl methyl sites for hydroxylation is 1. The van der Waals surface area contributed by atoms with E-state index in [0.29, 0.717) is 22.8 Å². The van der Waals surface area contributed by atoms with Gasteiger partial charge in [0.05, 0.1) is 16.1 Å². The van der Waals surface area contributed by atoms with Crippen LogP contribution in [-0.4, -0.2) is 9.97 Å². The summed E-state index contributed by atoms with van der Waals surface area (Å²) in [7, 11) is 0. The molecule has 5 heteroatoms. The van der Waals surface area contributed by atoms with E-state index in [0.717, 1.165) is 10.6 Å². The third-order valence-electron chi connectivity index (χ3n) is 3.00. The highest BCUT2D eigenvalue weighted by molar-refractivity contribution is 7.15. The summed E-state index contributed by atoms with van der Waals surface area (Å²) in [6, 6.07) is 11.5. The van der Waals surface area contributed by atoms with Crippen LogP contribution in [0.4, 0.5) is 11.4 Å². The van der Waals surface area contributed by atoms with Gasteiger partial charge in [0.2, 0.25) is 0 Å². The second kappa shape index (κ2) is 4.94. The Bertz CT molecular complexity index is 744. The first-order valence-electron chi connectivity index (χ1n) is 6.19. The summed E-state index contributed by atoms with van der Waals surface area (Å²) in [6.45, 7) is 2.07. The van der Waals surface area contributed by atoms with Gasteiger partial charge in [0.25, 0.3) is 0 Å². The van der Waals surface area contributed by atoms with E-state index >= 15 is 0 Å². The standard InChI is InChI=1S/C15H14N4S/c1-9-5-6-13(20-9)12-7-8-18-15(19-12)14-10(16)3-2-4-11(14)17/h2-8H,16-17H2,1H3. The molecule has 100 valence electrons. The van der Waals surface area contributed by atoms with Gasteiger partial charge in [-0.2, -0.15) is 0 Å². The fraction of sp³-hybridized carbons (Fsp3) is 0.0667. The quantitative estimate of drug-likeness (QED) is 0.707. The zero-order valence-electron chi connectivity index (χ0n) is 11.0. The number of thiophene rings is 1. The van der Waals surface area contributed by atoms with E-state index < -0.39 is 0 Å². The van der Waals surface area contributed by atoms with Gasteiger partial charge in [-0.05, 0) is 37.3 Å². The third kappa shape index (κ3) is 2.23. The molecule has 0 bridgehead atoms. The Balaban J connectivity index is 2.12. The highest BCUT2D eigenvalue weighted by atomic mass is 32.1. The minimum absolute atomic E-state index is 0.559. The summed E-state index contributed by atoms with van der Waals surface area (Å²) in [4.78, 5) is 11.2. The first-order chi connectivity index (χ1) is 9.65. The van der Waals surface area contributed by atoms with E-state index in [1.54, 1.807) is 29.7 Å². The lowest BCUT2D eigenvalue weighted by Crippen LogP contribution is -1.99. The van der Waals surface area contributed by atoms with Crippen LogP contribution in [0.15, 0.2) is 42.6 Å². The topological polar surface area (TPSA) is 77.8 Å². The first-order valence-corrected chi connectivity index (χ1v) is 7.01. The van der Waals surface area contributed by atoms with Gasteiger partial charge in [-0.3, -0.25) is 0 Å². The molecule has 0 saturated heterocycles. The predicted octanol–water partition coefficient (Wildman–Crippen LogP) is 3.34. The Kier molecular flexibility index (Phi) is 3.12. The monoisotopic (exact) mass is 282 g/mol. The molecule has 4 nitrogen and oxygen atoms in total. The molecule has 4 N–H and O–H groups in total. The van der Waals surface area contributed by atoms with Gasteiger partial charge >= 0.3 is 0 Å². The Morgan fingerprint density at radius 3 is 2.40 bits per heavy atom. The Labute approximate surface area is 121 Å². The van der Waals surface area contributed by atoms with Crippen molar-refractivity contribution in [2.24, 2.45) is 0 Å². The highest BCUT2D eigenvalue weighted by Crippen LogP contribution is 2.31. The van der Waals surface area contributed by atoms with Crippen LogP contribution in [-0.2, 0) is 0 Å². The smallest absolute Gasteiger partial charge is 0.163 e. The SMILES string of the molecule is Cc1ccc(-c2ccnc(-c3c(N)cccc3N)n2)s1. The molecule has 0 radical (unpaired) electrons. The van der Waals surface area contributed by atoms with E-state index in [1.807, 2.05) is 12.1 Å². The number of rotatable bonds is 2. The van der Waals surface area contributed by atoms with Crippen LogP contribution in [0.5, 0.6) is 0 Å². The fourth-order valence-corrected chi connectivity index (χ4v) is 2.87. The molecular formula is C15H14N4S. The number of aromatic nitrogens is 2. The Hall–Kier alpha value is -2.40. The normalized spacial score (nSPS) is 10.7. The summed E-state index contributed by atoms with van der Waals surface area (Å²) < 4.78 is 0. The molecule has 1 aromatic carbocycles. The summed E-state index contributed by atoms with van der Waals surface area (Å²) in [5, 5.41) is 0. The molecule has 0 atom stereocenters. The second-order valence-corrected chi connectivity index (χ2v) is 5.78. The number of hydrogen-bond donors (Lipinski definition) is 2. The lowest BCUT2D eigenvalue weighted by molar-refractivity contribution is 1.19. The van der Waals surface area contributed by atoms with Gasteiger partial charge in [0.15, 0.2) is 5.82 Å². The number of nitrogens with zero attached hydrogens (tertiary/aromatic N) is 2. The molecule has 2 aromatic heterocycles. The fourth-order valence-electron chi connectivity index (χ4n) is 2.04. The van der Waals surface area contributed by atoms with E-state index in [1.165, 1.54) is 4.88 Å². The zero-order chi connectivity index (χ0) is 14.1. The number of nitrogen functional groups attached to an aromatic ring is 2. The van der Waals surface area contributed by atoms with Crippen LogP contribution in [0.2, 0.25) is 0 Å². The molecule has 0 fully saturated rings. The number of anilines is 2. The maximum atomic E-state index is 5.99. The maximum absolute atomic E-state index is 5.99. The number of nitrogens with two attached hydrogens (primary N) is 2. The third-order valence-corrected chi connectivity index (χ3v) is 4.02. The van der Waals surface area contributed by atoms with Crippen LogP contribution in [0.25, 0.3) is 22.0 Å². The van der Waals surface area contributed by atoms with Crippen LogP contribution >= 0.6 is 11.3 Å². The van der Waals surface area contributed by atoms with Gasteiger partial charge < -0.3 is 11.5 Å². The second-order valence-electron chi connectivity index (χ2n) is 4.49. The summed E-state index contributed by atoms with van der Waals surface area (Å²) >= 11 is 1.70. The van der Waals surface area contributed by atoms with E-state index in [-0.39, 0.29) is 0 Å². The Morgan fingerprint density at radius 1 is 1.00 bits per heavy atom. The first kappa shape index (κ1) is 12.6. The molecule has 2 heterocycles. The van der Waals surface area contributed by atoms with E-state index in [9.17, 15) is 0 Å². The van der Waals surface area contributed by atoms with Crippen LogP contribution in [0.1, 0.15) is 4.88 Å². The minimum Gasteiger partial charge on any atom is -0.398 e. The molecule has 3 aromatic rings. The summed E-state index contributed by atoms with van der Waals surface area (Å²) in [5.74, 6) is 0.559. The van der Waals surface area contributed by atoms with Crippen molar-refractivity contribution in [3.05, 3.63) is 47.5 Å². The molecule has 20 heavy (non-hydrogen) atoms. The highest BCUT2D eigenvalue weighted by Gasteiger charge is 2.11. The largest absolute Gasteiger partial charge is 0.398 e. The van der Waals surface area contributed by atoms with Crippen molar-refractivity contribution in [1.29, 1.82) is 0 Å². The number of hydrogen-bond acceptors (Lipinski definition) is 5. The molecule has 0 spiro atoms. The molecule has 0 amide bonds. The van der Waals surface area contributed by atoms with Crippen molar-refractivity contribution < 1.29 is 0 Å². The molecule has 0 aliphatic carbocycles. The van der Waals surface area contributed by atoms with E-state index in [2.05, 4.69) is 29.0 Å². The lowest BCUT2D eigenvalue weighted by Gasteiger charge is -2.08. The summed E-state index contributed by atoms with van der Waals surface area (Å²) in [6.07, 6.45) is 1.73. The predicted molar refractivity (Wildman–Crippen MR) is 84.3 cm³/mol. The average molecular weight is 282 g/mol. The van der Waals surface area contributed by atoms with Crippen molar-refractivity contribution in [2.75, 3.05) is 11.5 Å².